The molecule has 4 heterocycles. The Morgan fingerprint density at radius 1 is 0.735 bits per heavy atom. The van der Waals surface area contributed by atoms with Crippen LogP contribution < -0.4 is 10.9 Å². The van der Waals surface area contributed by atoms with E-state index in [1.54, 1.807) is 0 Å². The Kier molecular flexibility index (Phi) is 7.48. The predicted octanol–water partition coefficient (Wildman–Crippen LogP) is 1.27. The molecule has 2 saturated heterocycles. The fraction of sp³-hybridized carbons (Fsp3) is 0.750. The molecular formula is C16H26N12O2S4. The summed E-state index contributed by atoms with van der Waals surface area (Å²) in [6.07, 6.45) is -1.61. The van der Waals surface area contributed by atoms with Gasteiger partial charge in [0.1, 0.15) is 0 Å². The van der Waals surface area contributed by atoms with Crippen molar-refractivity contribution < 1.29 is 0 Å². The van der Waals surface area contributed by atoms with E-state index in [2.05, 4.69) is 21.4 Å². The number of fused-ring (bicyclic) bond motifs is 2. The SMILES string of the molecule is CCN1C(=S)N(CC)C2C1N=C(SSC1=NC3C(N(N=O)N1)N(CC)C(=S)N3CC)NN2N=O. The summed E-state index contributed by atoms with van der Waals surface area (Å²) in [6.45, 7) is 10.5. The Morgan fingerprint density at radius 3 is 1.38 bits per heavy atom. The number of hydrogen-bond acceptors (Lipinski definition) is 12. The molecule has 2 N–H and O–H groups in total. The number of amidine groups is 2. The van der Waals surface area contributed by atoms with Crippen LogP contribution in [0.5, 0.6) is 0 Å². The molecule has 0 spiro atoms. The predicted molar refractivity (Wildman–Crippen MR) is 141 cm³/mol. The summed E-state index contributed by atoms with van der Waals surface area (Å²) in [4.78, 5) is 40.6. The molecule has 4 atom stereocenters. The highest BCUT2D eigenvalue weighted by molar-refractivity contribution is 8.87. The molecular weight excluding hydrogens is 521 g/mol. The van der Waals surface area contributed by atoms with Gasteiger partial charge >= 0.3 is 0 Å². The lowest BCUT2D eigenvalue weighted by molar-refractivity contribution is 0.0461. The quantitative estimate of drug-likeness (QED) is 0.282. The van der Waals surface area contributed by atoms with E-state index in [-0.39, 0.29) is 12.3 Å². The molecule has 0 radical (unpaired) electrons. The van der Waals surface area contributed by atoms with Crippen LogP contribution in [0.3, 0.4) is 0 Å². The molecule has 0 saturated carbocycles. The topological polar surface area (TPSA) is 127 Å². The van der Waals surface area contributed by atoms with Crippen LogP contribution in [0.15, 0.2) is 20.6 Å². The fourth-order valence-electron chi connectivity index (χ4n) is 4.43. The van der Waals surface area contributed by atoms with Crippen molar-refractivity contribution in [2.75, 3.05) is 26.2 Å². The summed E-state index contributed by atoms with van der Waals surface area (Å²) < 4.78 is 0. The number of hydrazine groups is 2. The van der Waals surface area contributed by atoms with Crippen LogP contribution in [0, 0.1) is 9.81 Å². The summed E-state index contributed by atoms with van der Waals surface area (Å²) in [5, 5.41) is 11.0. The minimum atomic E-state index is -0.428. The Labute approximate surface area is 215 Å². The molecule has 18 heteroatoms. The lowest BCUT2D eigenvalue weighted by atomic mass is 10.3. The third kappa shape index (κ3) is 3.99. The number of aliphatic imine (C=N–C) groups is 2. The lowest BCUT2D eigenvalue weighted by Gasteiger charge is -2.37. The summed E-state index contributed by atoms with van der Waals surface area (Å²) in [7, 11) is 2.51. The van der Waals surface area contributed by atoms with Crippen molar-refractivity contribution in [2.24, 2.45) is 20.6 Å². The molecule has 2 fully saturated rings. The van der Waals surface area contributed by atoms with Crippen LogP contribution in [-0.2, 0) is 0 Å². The molecule has 4 aliphatic heterocycles. The summed E-state index contributed by atoms with van der Waals surface area (Å²) in [6, 6.07) is 0. The number of hydrogen-bond donors (Lipinski definition) is 2. The molecule has 34 heavy (non-hydrogen) atoms. The second-order valence-corrected chi connectivity index (χ2v) is 10.3. The molecule has 0 aromatic rings. The zero-order chi connectivity index (χ0) is 24.6. The molecule has 4 aliphatic rings. The monoisotopic (exact) mass is 546 g/mol. The molecule has 4 rings (SSSR count). The van der Waals surface area contributed by atoms with Gasteiger partial charge in [-0.15, -0.1) is 20.0 Å². The van der Waals surface area contributed by atoms with Crippen LogP contribution in [-0.4, -0.2) is 101 Å². The van der Waals surface area contributed by atoms with Crippen molar-refractivity contribution in [3.63, 3.8) is 0 Å². The first kappa shape index (κ1) is 24.9. The second-order valence-electron chi connectivity index (χ2n) is 7.47. The summed E-state index contributed by atoms with van der Waals surface area (Å²) in [5.74, 6) is 0. The molecule has 0 aromatic carbocycles. The zero-order valence-electron chi connectivity index (χ0n) is 19.1. The van der Waals surface area contributed by atoms with Crippen molar-refractivity contribution in [1.29, 1.82) is 0 Å². The minimum absolute atomic E-state index is 0.376. The van der Waals surface area contributed by atoms with Gasteiger partial charge in [0.15, 0.2) is 45.2 Å². The van der Waals surface area contributed by atoms with E-state index in [1.165, 1.54) is 31.8 Å². The number of rotatable bonds is 6. The van der Waals surface area contributed by atoms with E-state index in [1.807, 2.05) is 47.3 Å². The van der Waals surface area contributed by atoms with Gasteiger partial charge in [0.2, 0.25) is 0 Å². The third-order valence-electron chi connectivity index (χ3n) is 5.95. The Hall–Kier alpha value is -2.18. The standard InChI is InChI=1S/C16H26N12O2S4/c1-5-23-9-11(25(7-3)15(23)31)27(21-29)19-13(17-9)33-34-14-18-10-12(28(20-14)22-30)26(8-4)16(32)24(10)6-2/h9-12H,5-8H2,1-4H3,(H,17,19)(H,18,20). The highest BCUT2D eigenvalue weighted by atomic mass is 33.1. The van der Waals surface area contributed by atoms with E-state index in [9.17, 15) is 9.81 Å². The van der Waals surface area contributed by atoms with E-state index in [0.717, 1.165) is 0 Å². The van der Waals surface area contributed by atoms with Crippen LogP contribution in [0.2, 0.25) is 0 Å². The molecule has 0 bridgehead atoms. The van der Waals surface area contributed by atoms with Crippen molar-refractivity contribution >= 4 is 66.6 Å². The number of nitroso groups, excluding NO2 is 2. The van der Waals surface area contributed by atoms with E-state index in [0.29, 0.717) is 46.7 Å². The first-order chi connectivity index (χ1) is 16.4. The van der Waals surface area contributed by atoms with Gasteiger partial charge < -0.3 is 19.6 Å². The maximum atomic E-state index is 11.6. The average molecular weight is 547 g/mol. The summed E-state index contributed by atoms with van der Waals surface area (Å²) >= 11 is 11.2. The molecule has 14 nitrogen and oxygen atoms in total. The number of thiocarbonyl (C=S) groups is 2. The Bertz CT molecular complexity index is 848. The van der Waals surface area contributed by atoms with Gasteiger partial charge in [0, 0.05) is 26.2 Å². The number of likely N-dealkylation sites (N-methyl/N-ethyl adjacent to an activating group) is 4. The van der Waals surface area contributed by atoms with E-state index < -0.39 is 12.3 Å². The van der Waals surface area contributed by atoms with Gasteiger partial charge in [0.25, 0.3) is 0 Å². The van der Waals surface area contributed by atoms with E-state index in [4.69, 9.17) is 34.4 Å². The van der Waals surface area contributed by atoms with Gasteiger partial charge in [0.05, 0.1) is 10.6 Å². The molecule has 0 aliphatic carbocycles. The number of nitrogens with one attached hydrogen (secondary N) is 2. The molecule has 186 valence electrons. The Morgan fingerprint density at radius 2 is 1.09 bits per heavy atom. The van der Waals surface area contributed by atoms with Gasteiger partial charge in [-0.1, -0.05) is 0 Å². The van der Waals surface area contributed by atoms with E-state index >= 15 is 0 Å². The van der Waals surface area contributed by atoms with Crippen LogP contribution >= 0.6 is 46.0 Å². The van der Waals surface area contributed by atoms with Crippen molar-refractivity contribution in [1.82, 2.24) is 40.7 Å². The summed E-state index contributed by atoms with van der Waals surface area (Å²) in [5.41, 5.74) is 5.91. The fourth-order valence-corrected chi connectivity index (χ4v) is 7.05. The minimum Gasteiger partial charge on any atom is -0.324 e. The Balaban J connectivity index is 1.54. The maximum Gasteiger partial charge on any atom is 0.190 e. The molecule has 4 unspecified atom stereocenters. The lowest BCUT2D eigenvalue weighted by Crippen LogP contribution is -2.58. The maximum absolute atomic E-state index is 11.6. The molecule has 0 amide bonds. The molecule has 0 aromatic heterocycles. The largest absolute Gasteiger partial charge is 0.324 e. The van der Waals surface area contributed by atoms with Crippen molar-refractivity contribution in [3.8, 4) is 0 Å². The van der Waals surface area contributed by atoms with Crippen LogP contribution in [0.25, 0.3) is 0 Å². The first-order valence-electron chi connectivity index (χ1n) is 10.9. The van der Waals surface area contributed by atoms with Crippen molar-refractivity contribution in [2.45, 2.75) is 52.4 Å². The first-order valence-corrected chi connectivity index (χ1v) is 13.8. The highest BCUT2D eigenvalue weighted by Gasteiger charge is 2.50. The normalized spacial score (nSPS) is 28.4. The van der Waals surface area contributed by atoms with Crippen LogP contribution in [0.1, 0.15) is 27.7 Å². The smallest absolute Gasteiger partial charge is 0.190 e. The van der Waals surface area contributed by atoms with Gasteiger partial charge in [-0.25, -0.2) is 9.98 Å². The third-order valence-corrected chi connectivity index (χ3v) is 8.88. The van der Waals surface area contributed by atoms with Gasteiger partial charge in [-0.05, 0) is 73.7 Å². The zero-order valence-corrected chi connectivity index (χ0v) is 22.3. The number of nitrogens with zero attached hydrogens (tertiary/aromatic N) is 10. The average Bonchev–Trinajstić information content (AvgIpc) is 3.29. The van der Waals surface area contributed by atoms with Gasteiger partial charge in [-0.3, -0.25) is 10.9 Å². The van der Waals surface area contributed by atoms with Crippen molar-refractivity contribution in [3.05, 3.63) is 9.81 Å². The van der Waals surface area contributed by atoms with Gasteiger partial charge in [-0.2, -0.15) is 0 Å². The van der Waals surface area contributed by atoms with Crippen LogP contribution in [0.4, 0.5) is 0 Å². The second kappa shape index (κ2) is 10.2. The highest BCUT2D eigenvalue weighted by Crippen LogP contribution is 2.35.